The lowest BCUT2D eigenvalue weighted by atomic mass is 10.0. The van der Waals surface area contributed by atoms with Gasteiger partial charge in [0.05, 0.1) is 46.7 Å². The smallest absolute Gasteiger partial charge is 0.231 e. The Morgan fingerprint density at radius 3 is 2.21 bits per heavy atom. The molecule has 0 saturated carbocycles. The van der Waals surface area contributed by atoms with Crippen LogP contribution < -0.4 is 33.2 Å². The number of allylic oxidation sites excluding steroid dienone is 1. The fraction of sp³-hybridized carbons (Fsp3) is 0.276. The number of rotatable bonds is 8. The molecular formula is C29H29NO8. The number of ketones is 1. The van der Waals surface area contributed by atoms with Crippen LogP contribution in [0.3, 0.4) is 0 Å². The van der Waals surface area contributed by atoms with Gasteiger partial charge < -0.3 is 33.2 Å². The highest BCUT2D eigenvalue weighted by atomic mass is 16.5. The number of hydrogen-bond acceptors (Lipinski definition) is 9. The van der Waals surface area contributed by atoms with E-state index in [2.05, 4.69) is 4.90 Å². The number of Topliss-reactive ketones (excluding diaryl/α,β-unsaturated/α-hetero) is 1. The molecule has 0 bridgehead atoms. The van der Waals surface area contributed by atoms with E-state index in [1.165, 1.54) is 0 Å². The number of methoxy groups -OCH3 is 5. The third-order valence-corrected chi connectivity index (χ3v) is 6.52. The van der Waals surface area contributed by atoms with Crippen molar-refractivity contribution in [2.24, 2.45) is 0 Å². The SMILES string of the molecule is COc1ccc(CN2COc3ccc4c(c3C2)O/C(=C\c2cc(OC)c(OC)c(OC)c2)C4=O)cc1OC. The van der Waals surface area contributed by atoms with Crippen LogP contribution in [0.1, 0.15) is 27.0 Å². The summed E-state index contributed by atoms with van der Waals surface area (Å²) in [7, 11) is 7.85. The van der Waals surface area contributed by atoms with Crippen molar-refractivity contribution in [3.8, 4) is 40.2 Å². The Balaban J connectivity index is 1.41. The van der Waals surface area contributed by atoms with Crippen LogP contribution in [0.2, 0.25) is 0 Å². The molecule has 0 amide bonds. The quantitative estimate of drug-likeness (QED) is 0.393. The first-order chi connectivity index (χ1) is 18.5. The first-order valence-electron chi connectivity index (χ1n) is 12.0. The van der Waals surface area contributed by atoms with Crippen molar-refractivity contribution in [2.75, 3.05) is 42.3 Å². The first kappa shape index (κ1) is 25.3. The van der Waals surface area contributed by atoms with Gasteiger partial charge in [-0.1, -0.05) is 6.07 Å². The summed E-state index contributed by atoms with van der Waals surface area (Å²) >= 11 is 0. The fourth-order valence-electron chi connectivity index (χ4n) is 4.68. The Labute approximate surface area is 221 Å². The Bertz CT molecular complexity index is 1390. The summed E-state index contributed by atoms with van der Waals surface area (Å²) in [6, 6.07) is 12.9. The molecule has 0 atom stereocenters. The van der Waals surface area contributed by atoms with Gasteiger partial charge in [-0.05, 0) is 53.6 Å². The lowest BCUT2D eigenvalue weighted by Crippen LogP contribution is -2.31. The molecule has 198 valence electrons. The molecule has 5 rings (SSSR count). The summed E-state index contributed by atoms with van der Waals surface area (Å²) < 4.78 is 39.2. The van der Waals surface area contributed by atoms with Gasteiger partial charge in [0.2, 0.25) is 11.5 Å². The fourth-order valence-corrected chi connectivity index (χ4v) is 4.68. The highest BCUT2D eigenvalue weighted by Crippen LogP contribution is 2.43. The third kappa shape index (κ3) is 4.56. The standard InChI is InChI=1S/C29H29NO8/c1-32-22-8-6-17(10-23(22)33-2)14-30-15-20-21(37-16-30)9-7-19-27(31)24(38-28(19)20)11-18-12-25(34-3)29(36-5)26(13-18)35-4/h6-13H,14-16H2,1-5H3/b24-11-. The predicted molar refractivity (Wildman–Crippen MR) is 140 cm³/mol. The van der Waals surface area contributed by atoms with E-state index < -0.39 is 0 Å². The molecule has 0 N–H and O–H groups in total. The summed E-state index contributed by atoms with van der Waals surface area (Å²) in [5, 5.41) is 0. The highest BCUT2D eigenvalue weighted by Gasteiger charge is 2.34. The number of carbonyl (C=O) groups is 1. The Hall–Kier alpha value is -4.37. The monoisotopic (exact) mass is 519 g/mol. The van der Waals surface area contributed by atoms with Gasteiger partial charge in [0.1, 0.15) is 18.2 Å². The number of nitrogens with zero attached hydrogens (tertiary/aromatic N) is 1. The van der Waals surface area contributed by atoms with Gasteiger partial charge >= 0.3 is 0 Å². The Kier molecular flexibility index (Phi) is 7.02. The molecule has 0 fully saturated rings. The molecule has 0 unspecified atom stereocenters. The van der Waals surface area contributed by atoms with E-state index in [-0.39, 0.29) is 11.5 Å². The van der Waals surface area contributed by atoms with Crippen molar-refractivity contribution in [2.45, 2.75) is 13.1 Å². The maximum atomic E-state index is 13.3. The molecular weight excluding hydrogens is 490 g/mol. The topological polar surface area (TPSA) is 84.9 Å². The Morgan fingerprint density at radius 2 is 1.55 bits per heavy atom. The lowest BCUT2D eigenvalue weighted by Gasteiger charge is -2.29. The van der Waals surface area contributed by atoms with Crippen molar-refractivity contribution in [1.29, 1.82) is 0 Å². The molecule has 3 aromatic rings. The van der Waals surface area contributed by atoms with Crippen LogP contribution >= 0.6 is 0 Å². The van der Waals surface area contributed by atoms with Gasteiger partial charge in [-0.3, -0.25) is 9.69 Å². The second-order valence-electron chi connectivity index (χ2n) is 8.77. The zero-order chi connectivity index (χ0) is 26.8. The molecule has 9 nitrogen and oxygen atoms in total. The van der Waals surface area contributed by atoms with E-state index >= 15 is 0 Å². The number of hydrogen-bond donors (Lipinski definition) is 0. The van der Waals surface area contributed by atoms with Gasteiger partial charge in [0.15, 0.2) is 28.8 Å². The minimum Gasteiger partial charge on any atom is -0.493 e. The second-order valence-corrected chi connectivity index (χ2v) is 8.77. The molecule has 2 heterocycles. The predicted octanol–water partition coefficient (Wildman–Crippen LogP) is 4.70. The van der Waals surface area contributed by atoms with Crippen molar-refractivity contribution in [3.05, 3.63) is 70.5 Å². The molecule has 0 radical (unpaired) electrons. The van der Waals surface area contributed by atoms with Crippen molar-refractivity contribution >= 4 is 11.9 Å². The summed E-state index contributed by atoms with van der Waals surface area (Å²) in [5.74, 6) is 4.01. The van der Waals surface area contributed by atoms with Crippen LogP contribution in [0, 0.1) is 0 Å². The number of carbonyl (C=O) groups excluding carboxylic acids is 1. The zero-order valence-electron chi connectivity index (χ0n) is 22.0. The van der Waals surface area contributed by atoms with Crippen LogP contribution in [0.4, 0.5) is 0 Å². The maximum Gasteiger partial charge on any atom is 0.231 e. The van der Waals surface area contributed by atoms with Crippen LogP contribution in [-0.2, 0) is 13.1 Å². The average molecular weight is 520 g/mol. The largest absolute Gasteiger partial charge is 0.493 e. The highest BCUT2D eigenvalue weighted by molar-refractivity contribution is 6.15. The minimum absolute atomic E-state index is 0.200. The van der Waals surface area contributed by atoms with E-state index in [0.29, 0.717) is 71.2 Å². The van der Waals surface area contributed by atoms with Gasteiger partial charge in [0.25, 0.3) is 0 Å². The number of fused-ring (bicyclic) bond motifs is 3. The molecule has 2 aliphatic rings. The van der Waals surface area contributed by atoms with Crippen LogP contribution in [-0.4, -0.2) is 53.0 Å². The summed E-state index contributed by atoms with van der Waals surface area (Å²) in [4.78, 5) is 15.4. The molecule has 3 aromatic carbocycles. The van der Waals surface area contributed by atoms with Gasteiger partial charge in [-0.15, -0.1) is 0 Å². The lowest BCUT2D eigenvalue weighted by molar-refractivity contribution is 0.0872. The van der Waals surface area contributed by atoms with E-state index in [1.54, 1.807) is 59.8 Å². The average Bonchev–Trinajstić information content (AvgIpc) is 3.27. The molecule has 38 heavy (non-hydrogen) atoms. The van der Waals surface area contributed by atoms with Crippen LogP contribution in [0.25, 0.3) is 6.08 Å². The minimum atomic E-state index is -0.200. The molecule has 2 aliphatic heterocycles. The van der Waals surface area contributed by atoms with Crippen LogP contribution in [0.5, 0.6) is 40.2 Å². The normalized spacial score (nSPS) is 15.3. The first-order valence-corrected chi connectivity index (χ1v) is 12.0. The molecule has 0 aliphatic carbocycles. The van der Waals surface area contributed by atoms with Gasteiger partial charge in [-0.2, -0.15) is 0 Å². The molecule has 0 spiro atoms. The summed E-state index contributed by atoms with van der Waals surface area (Å²) in [6.07, 6.45) is 1.67. The molecule has 0 saturated heterocycles. The van der Waals surface area contributed by atoms with Crippen LogP contribution in [0.15, 0.2) is 48.2 Å². The van der Waals surface area contributed by atoms with E-state index in [0.717, 1.165) is 11.1 Å². The second kappa shape index (κ2) is 10.5. The van der Waals surface area contributed by atoms with Gasteiger partial charge in [0, 0.05) is 13.1 Å². The Morgan fingerprint density at radius 1 is 0.842 bits per heavy atom. The van der Waals surface area contributed by atoms with Gasteiger partial charge in [-0.25, -0.2) is 0 Å². The van der Waals surface area contributed by atoms with Crippen molar-refractivity contribution < 1.29 is 38.0 Å². The summed E-state index contributed by atoms with van der Waals surface area (Å²) in [5.41, 5.74) is 3.05. The zero-order valence-corrected chi connectivity index (χ0v) is 22.0. The van der Waals surface area contributed by atoms with E-state index in [1.807, 2.05) is 24.3 Å². The van der Waals surface area contributed by atoms with E-state index in [4.69, 9.17) is 33.2 Å². The molecule has 0 aromatic heterocycles. The maximum absolute atomic E-state index is 13.3. The summed E-state index contributed by atoms with van der Waals surface area (Å²) in [6.45, 7) is 1.57. The van der Waals surface area contributed by atoms with Crippen molar-refractivity contribution in [1.82, 2.24) is 4.90 Å². The number of benzene rings is 3. The molecule has 9 heteroatoms. The number of ether oxygens (including phenoxy) is 7. The van der Waals surface area contributed by atoms with Crippen molar-refractivity contribution in [3.63, 3.8) is 0 Å². The van der Waals surface area contributed by atoms with E-state index in [9.17, 15) is 4.79 Å². The third-order valence-electron chi connectivity index (χ3n) is 6.52.